The van der Waals surface area contributed by atoms with Crippen molar-refractivity contribution in [2.75, 3.05) is 13.7 Å². The van der Waals surface area contributed by atoms with Crippen LogP contribution in [0.3, 0.4) is 0 Å². The first-order valence-corrected chi connectivity index (χ1v) is 7.21. The lowest BCUT2D eigenvalue weighted by Gasteiger charge is -2.40. The number of carbonyl (C=O) groups excluding carboxylic acids is 1. The molecule has 2 rings (SSSR count). The molecule has 8 nitrogen and oxygen atoms in total. The first-order chi connectivity index (χ1) is 11.1. The normalized spacial score (nSPS) is 30.3. The summed E-state index contributed by atoms with van der Waals surface area (Å²) >= 11 is 0. The topological polar surface area (TPSA) is 114 Å². The van der Waals surface area contributed by atoms with Crippen molar-refractivity contribution in [2.24, 2.45) is 11.0 Å². The van der Waals surface area contributed by atoms with Crippen LogP contribution in [0.5, 0.6) is 0 Å². The summed E-state index contributed by atoms with van der Waals surface area (Å²) < 4.78 is 15.9. The van der Waals surface area contributed by atoms with Gasteiger partial charge in [0.2, 0.25) is 0 Å². The van der Waals surface area contributed by atoms with E-state index in [-0.39, 0.29) is 6.61 Å². The van der Waals surface area contributed by atoms with Crippen molar-refractivity contribution in [3.8, 4) is 0 Å². The first-order valence-electron chi connectivity index (χ1n) is 7.21. The van der Waals surface area contributed by atoms with Crippen LogP contribution in [-0.4, -0.2) is 49.3 Å². The summed E-state index contributed by atoms with van der Waals surface area (Å²) in [4.78, 5) is 14.7. The Hall–Kier alpha value is -2.12. The monoisotopic (exact) mass is 321 g/mol. The molecular formula is C15H19N3O5. The molecule has 0 bridgehead atoms. The molecule has 1 fully saturated rings. The van der Waals surface area contributed by atoms with Crippen LogP contribution in [0, 0.1) is 5.92 Å². The van der Waals surface area contributed by atoms with E-state index in [1.165, 1.54) is 7.11 Å². The minimum absolute atomic E-state index is 0.123. The highest BCUT2D eigenvalue weighted by atomic mass is 16.7. The highest BCUT2D eigenvalue weighted by molar-refractivity contribution is 5.89. The molecule has 0 aromatic heterocycles. The van der Waals surface area contributed by atoms with E-state index in [2.05, 4.69) is 10.0 Å². The van der Waals surface area contributed by atoms with Gasteiger partial charge in [-0.05, 0) is 23.6 Å². The van der Waals surface area contributed by atoms with Gasteiger partial charge in [-0.25, -0.2) is 4.79 Å². The maximum atomic E-state index is 11.9. The van der Waals surface area contributed by atoms with Crippen molar-refractivity contribution in [1.29, 1.82) is 0 Å². The number of rotatable bonds is 5. The van der Waals surface area contributed by atoms with E-state index in [1.54, 1.807) is 37.3 Å². The van der Waals surface area contributed by atoms with Gasteiger partial charge >= 0.3 is 5.97 Å². The van der Waals surface area contributed by atoms with E-state index in [0.29, 0.717) is 5.56 Å². The smallest absolute Gasteiger partial charge is 0.338 e. The van der Waals surface area contributed by atoms with E-state index >= 15 is 0 Å². The molecule has 1 saturated heterocycles. The minimum Gasteiger partial charge on any atom is -0.459 e. The molecule has 1 N–H and O–H groups in total. The number of azide groups is 1. The fraction of sp³-hybridized carbons (Fsp3) is 0.533. The van der Waals surface area contributed by atoms with Crippen molar-refractivity contribution in [3.05, 3.63) is 46.3 Å². The van der Waals surface area contributed by atoms with Crippen molar-refractivity contribution in [2.45, 2.75) is 31.5 Å². The largest absolute Gasteiger partial charge is 0.459 e. The third kappa shape index (κ3) is 4.00. The molecule has 0 amide bonds. The second kappa shape index (κ2) is 7.94. The quantitative estimate of drug-likeness (QED) is 0.385. The number of aliphatic hydroxyl groups is 1. The van der Waals surface area contributed by atoms with Gasteiger partial charge in [0.1, 0.15) is 12.7 Å². The molecule has 23 heavy (non-hydrogen) atoms. The Morgan fingerprint density at radius 3 is 2.74 bits per heavy atom. The molecule has 0 radical (unpaired) electrons. The molecule has 1 aromatic carbocycles. The minimum atomic E-state index is -0.944. The predicted octanol–water partition coefficient (Wildman–Crippen LogP) is 1.89. The van der Waals surface area contributed by atoms with Gasteiger partial charge in [0, 0.05) is 12.0 Å². The number of aliphatic hydroxyl groups excluding tert-OH is 1. The Balaban J connectivity index is 2.00. The summed E-state index contributed by atoms with van der Waals surface area (Å²) in [6, 6.07) is 7.89. The van der Waals surface area contributed by atoms with Gasteiger partial charge < -0.3 is 19.3 Å². The standard InChI is InChI=1S/C15H19N3O5/c1-9-12(17-18-16)15(21-2)23-11(13(9)19)8-22-14(20)10-6-4-3-5-7-10/h3-7,9,11-13,15,19H,8H2,1-2H3/t9-,11?,12?,13+,15+/m1/s1. The van der Waals surface area contributed by atoms with Gasteiger partial charge in [-0.1, -0.05) is 30.2 Å². The van der Waals surface area contributed by atoms with Crippen LogP contribution in [0.1, 0.15) is 17.3 Å². The molecular weight excluding hydrogens is 302 g/mol. The predicted molar refractivity (Wildman–Crippen MR) is 80.5 cm³/mol. The van der Waals surface area contributed by atoms with Crippen LogP contribution in [0.15, 0.2) is 35.4 Å². The Kier molecular flexibility index (Phi) is 5.95. The van der Waals surface area contributed by atoms with Crippen LogP contribution in [0.25, 0.3) is 10.4 Å². The molecule has 2 unspecified atom stereocenters. The average molecular weight is 321 g/mol. The SMILES string of the molecule is CO[C@H]1OC(COC(=O)c2ccccc2)[C@@H](O)[C@H](C)C1N=[N+]=[N-]. The number of hydrogen-bond acceptors (Lipinski definition) is 6. The zero-order valence-electron chi connectivity index (χ0n) is 12.9. The van der Waals surface area contributed by atoms with Crippen molar-refractivity contribution in [1.82, 2.24) is 0 Å². The molecule has 1 aliphatic heterocycles. The fourth-order valence-electron chi connectivity index (χ4n) is 2.49. The number of nitrogens with zero attached hydrogens (tertiary/aromatic N) is 3. The third-order valence-electron chi connectivity index (χ3n) is 3.85. The summed E-state index contributed by atoms with van der Waals surface area (Å²) in [5.41, 5.74) is 9.02. The lowest BCUT2D eigenvalue weighted by Crippen LogP contribution is -2.54. The summed E-state index contributed by atoms with van der Waals surface area (Å²) in [6.07, 6.45) is -2.50. The van der Waals surface area contributed by atoms with E-state index in [1.807, 2.05) is 0 Å². The number of hydrogen-bond donors (Lipinski definition) is 1. The fourth-order valence-corrected chi connectivity index (χ4v) is 2.49. The first kappa shape index (κ1) is 17.2. The number of esters is 1. The summed E-state index contributed by atoms with van der Waals surface area (Å²) in [5, 5.41) is 13.9. The Morgan fingerprint density at radius 2 is 2.13 bits per heavy atom. The highest BCUT2D eigenvalue weighted by Crippen LogP contribution is 2.29. The molecule has 124 valence electrons. The van der Waals surface area contributed by atoms with Gasteiger partial charge in [0.05, 0.1) is 17.7 Å². The average Bonchev–Trinajstić information content (AvgIpc) is 2.59. The van der Waals surface area contributed by atoms with Crippen molar-refractivity contribution < 1.29 is 24.1 Å². The van der Waals surface area contributed by atoms with Gasteiger partial charge in [0.15, 0.2) is 6.29 Å². The Morgan fingerprint density at radius 1 is 1.43 bits per heavy atom. The lowest BCUT2D eigenvalue weighted by molar-refractivity contribution is -0.243. The van der Waals surface area contributed by atoms with Crippen molar-refractivity contribution >= 4 is 5.97 Å². The zero-order chi connectivity index (χ0) is 16.8. The van der Waals surface area contributed by atoms with E-state index in [4.69, 9.17) is 19.7 Å². The molecule has 0 aliphatic carbocycles. The molecule has 8 heteroatoms. The second-order valence-electron chi connectivity index (χ2n) is 5.29. The number of benzene rings is 1. The molecule has 0 spiro atoms. The maximum Gasteiger partial charge on any atom is 0.338 e. The number of carbonyl (C=O) groups is 1. The lowest BCUT2D eigenvalue weighted by atomic mass is 9.89. The van der Waals surface area contributed by atoms with Gasteiger partial charge in [-0.2, -0.15) is 0 Å². The van der Waals surface area contributed by atoms with Gasteiger partial charge in [-0.15, -0.1) is 0 Å². The molecule has 5 atom stereocenters. The Bertz CT molecular complexity index is 574. The Labute approximate surface area is 133 Å². The summed E-state index contributed by atoms with van der Waals surface area (Å²) in [6.45, 7) is 1.60. The maximum absolute atomic E-state index is 11.9. The third-order valence-corrected chi connectivity index (χ3v) is 3.85. The van der Waals surface area contributed by atoms with Crippen LogP contribution in [-0.2, 0) is 14.2 Å². The molecule has 1 aliphatic rings. The molecule has 0 saturated carbocycles. The second-order valence-corrected chi connectivity index (χ2v) is 5.29. The molecule has 1 aromatic rings. The number of methoxy groups -OCH3 is 1. The van der Waals surface area contributed by atoms with Gasteiger partial charge in [-0.3, -0.25) is 0 Å². The van der Waals surface area contributed by atoms with Gasteiger partial charge in [0.25, 0.3) is 0 Å². The van der Waals surface area contributed by atoms with Crippen LogP contribution < -0.4 is 0 Å². The summed E-state index contributed by atoms with van der Waals surface area (Å²) in [7, 11) is 1.42. The van der Waals surface area contributed by atoms with Crippen LogP contribution in [0.2, 0.25) is 0 Å². The molecule has 1 heterocycles. The summed E-state index contributed by atoms with van der Waals surface area (Å²) in [5.74, 6) is -0.898. The van der Waals surface area contributed by atoms with Crippen LogP contribution >= 0.6 is 0 Å². The van der Waals surface area contributed by atoms with E-state index in [9.17, 15) is 9.90 Å². The highest BCUT2D eigenvalue weighted by Gasteiger charge is 2.43. The zero-order valence-corrected chi connectivity index (χ0v) is 12.9. The van der Waals surface area contributed by atoms with E-state index < -0.39 is 36.4 Å². The van der Waals surface area contributed by atoms with Crippen LogP contribution in [0.4, 0.5) is 0 Å². The van der Waals surface area contributed by atoms with Crippen molar-refractivity contribution in [3.63, 3.8) is 0 Å². The number of ether oxygens (including phenoxy) is 3. The van der Waals surface area contributed by atoms with E-state index in [0.717, 1.165) is 0 Å².